The van der Waals surface area contributed by atoms with Crippen molar-refractivity contribution >= 4 is 35.8 Å². The summed E-state index contributed by atoms with van der Waals surface area (Å²) in [6, 6.07) is 18.9. The van der Waals surface area contributed by atoms with Gasteiger partial charge in [0.25, 0.3) is 5.60 Å². The summed E-state index contributed by atoms with van der Waals surface area (Å²) in [5, 5.41) is 0. The molecule has 2 aromatic rings. The lowest BCUT2D eigenvalue weighted by Gasteiger charge is -2.47. The van der Waals surface area contributed by atoms with Crippen LogP contribution in [0.4, 0.5) is 0 Å². The van der Waals surface area contributed by atoms with Crippen LogP contribution in [0.15, 0.2) is 60.7 Å². The zero-order valence-corrected chi connectivity index (χ0v) is 52.1. The number of esters is 6. The largest absolute Gasteiger partial charge is 0.465 e. The van der Waals surface area contributed by atoms with E-state index in [-0.39, 0.29) is 58.0 Å². The summed E-state index contributed by atoms with van der Waals surface area (Å²) >= 11 is 0. The quantitative estimate of drug-likeness (QED) is 0.0268. The van der Waals surface area contributed by atoms with Gasteiger partial charge in [0.1, 0.15) is 25.9 Å². The standard InChI is InChI=1S/C70H110NO12/c1-5-7-9-11-13-15-17-19-21-23-25-27-35-43-63(72)79-55-62(56-80-64(73)44-36-28-26-24-22-20-18-16-14-12-10-8-6-2)81-65(74)47-50-78-66(75)53-69(3,4)54-67(76)83-70(57-39-31-29-32-40-57,58-41-33-30-34-42-58)68(77)82-61-51-59-45-46-60(52-61)71(59)48-37-38-49-71/h29-34,39-42,59-62H,5-28,35-38,43-56H2,1-4H3/q+1. The van der Waals surface area contributed by atoms with Gasteiger partial charge in [-0.05, 0) is 18.3 Å². The van der Waals surface area contributed by atoms with E-state index in [1.165, 1.54) is 142 Å². The van der Waals surface area contributed by atoms with Crippen LogP contribution in [0.25, 0.3) is 0 Å². The van der Waals surface area contributed by atoms with Gasteiger partial charge in [-0.15, -0.1) is 0 Å². The molecule has 5 rings (SSSR count). The maximum Gasteiger partial charge on any atom is 0.360 e. The molecule has 2 unspecified atom stereocenters. The van der Waals surface area contributed by atoms with E-state index < -0.39 is 52.9 Å². The molecular weight excluding hydrogens is 1050 g/mol. The predicted molar refractivity (Wildman–Crippen MR) is 326 cm³/mol. The highest BCUT2D eigenvalue weighted by molar-refractivity contribution is 5.89. The Bertz CT molecular complexity index is 2060. The van der Waals surface area contributed by atoms with Gasteiger partial charge in [-0.2, -0.15) is 0 Å². The molecule has 83 heavy (non-hydrogen) atoms. The topological polar surface area (TPSA) is 158 Å². The zero-order chi connectivity index (χ0) is 59.4. The molecule has 0 radical (unpaired) electrons. The van der Waals surface area contributed by atoms with Gasteiger partial charge in [-0.3, -0.25) is 24.0 Å². The van der Waals surface area contributed by atoms with Crippen molar-refractivity contribution in [2.24, 2.45) is 5.41 Å². The molecule has 2 bridgehead atoms. The lowest BCUT2D eigenvalue weighted by molar-refractivity contribution is -0.956. The van der Waals surface area contributed by atoms with Crippen LogP contribution >= 0.6 is 0 Å². The van der Waals surface area contributed by atoms with E-state index in [0.29, 0.717) is 36.1 Å². The van der Waals surface area contributed by atoms with E-state index in [9.17, 15) is 28.8 Å². The van der Waals surface area contributed by atoms with E-state index >= 15 is 0 Å². The van der Waals surface area contributed by atoms with Crippen LogP contribution < -0.4 is 0 Å². The number of unbranched alkanes of at least 4 members (excludes halogenated alkanes) is 24. The number of nitrogens with zero attached hydrogens (tertiary/aromatic N) is 1. The third kappa shape index (κ3) is 25.0. The van der Waals surface area contributed by atoms with Crippen LogP contribution in [-0.2, 0) is 62.8 Å². The smallest absolute Gasteiger partial charge is 0.360 e. The van der Waals surface area contributed by atoms with Crippen LogP contribution in [-0.4, -0.2) is 97.5 Å². The molecule has 0 aliphatic carbocycles. The lowest BCUT2D eigenvalue weighted by atomic mass is 9.84. The highest BCUT2D eigenvalue weighted by Gasteiger charge is 2.57. The summed E-state index contributed by atoms with van der Waals surface area (Å²) in [6.07, 6.45) is 35.9. The van der Waals surface area contributed by atoms with Crippen molar-refractivity contribution in [3.63, 3.8) is 0 Å². The van der Waals surface area contributed by atoms with Gasteiger partial charge in [-0.25, -0.2) is 4.79 Å². The fraction of sp³-hybridized carbons (Fsp3) is 0.743. The minimum absolute atomic E-state index is 0.191. The number of hydrogen-bond acceptors (Lipinski definition) is 12. The number of rotatable bonds is 45. The molecular formula is C70H110NO12+. The maximum atomic E-state index is 14.9. The van der Waals surface area contributed by atoms with Crippen LogP contribution in [0.5, 0.6) is 0 Å². The number of quaternary nitrogens is 1. The second-order valence-electron chi connectivity index (χ2n) is 25.5. The maximum absolute atomic E-state index is 14.9. The highest BCUT2D eigenvalue weighted by Crippen LogP contribution is 2.47. The van der Waals surface area contributed by atoms with Crippen LogP contribution in [0.2, 0.25) is 0 Å². The first-order valence-electron chi connectivity index (χ1n) is 33.4. The summed E-state index contributed by atoms with van der Waals surface area (Å²) in [4.78, 5) is 81.4. The van der Waals surface area contributed by atoms with Crippen LogP contribution in [0, 0.1) is 5.41 Å². The second-order valence-corrected chi connectivity index (χ2v) is 25.5. The Kier molecular flexibility index (Phi) is 32.4. The van der Waals surface area contributed by atoms with E-state index in [1.54, 1.807) is 62.4 Å². The number of carbonyl (C=O) groups excluding carboxylic acids is 6. The Balaban J connectivity index is 1.07. The van der Waals surface area contributed by atoms with Crippen molar-refractivity contribution in [1.29, 1.82) is 0 Å². The molecule has 13 heteroatoms. The van der Waals surface area contributed by atoms with Crippen molar-refractivity contribution in [3.05, 3.63) is 71.8 Å². The number of carbonyl (C=O) groups is 6. The molecule has 2 aromatic carbocycles. The Morgan fingerprint density at radius 1 is 0.482 bits per heavy atom. The zero-order valence-electron chi connectivity index (χ0n) is 52.1. The van der Waals surface area contributed by atoms with Crippen molar-refractivity contribution in [3.8, 4) is 0 Å². The number of piperidine rings is 1. The fourth-order valence-corrected chi connectivity index (χ4v) is 13.2. The molecule has 1 spiro atoms. The summed E-state index contributed by atoms with van der Waals surface area (Å²) < 4.78 is 36.4. The molecule has 0 aromatic heterocycles. The average molecular weight is 1160 g/mol. The van der Waals surface area contributed by atoms with E-state index in [4.69, 9.17) is 28.4 Å². The molecule has 466 valence electrons. The SMILES string of the molecule is CCCCCCCCCCCCCCCC(=O)OCC(COC(=O)CCCCCCCCCCCCCCC)OC(=O)CCOC(=O)CC(C)(C)CC(=O)OC(C(=O)OC1CC2CCC(C1)[N+]21CCCC1)(c1ccccc1)c1ccccc1. The van der Waals surface area contributed by atoms with Gasteiger partial charge in [0.05, 0.1) is 44.4 Å². The minimum atomic E-state index is -1.90. The van der Waals surface area contributed by atoms with E-state index in [2.05, 4.69) is 13.8 Å². The Hall–Kier alpha value is -4.78. The van der Waals surface area contributed by atoms with Crippen molar-refractivity contribution in [2.45, 2.75) is 295 Å². The Morgan fingerprint density at radius 2 is 0.880 bits per heavy atom. The average Bonchev–Trinajstić information content (AvgIpc) is 4.25. The van der Waals surface area contributed by atoms with Gasteiger partial charge < -0.3 is 32.9 Å². The van der Waals surface area contributed by atoms with Crippen LogP contribution in [0.3, 0.4) is 0 Å². The minimum Gasteiger partial charge on any atom is -0.465 e. The summed E-state index contributed by atoms with van der Waals surface area (Å²) in [5.41, 5.74) is -1.96. The monoisotopic (exact) mass is 1160 g/mol. The van der Waals surface area contributed by atoms with Gasteiger partial charge in [-0.1, -0.05) is 242 Å². The van der Waals surface area contributed by atoms with Crippen molar-refractivity contribution < 1.29 is 61.7 Å². The fourth-order valence-electron chi connectivity index (χ4n) is 13.2. The number of ether oxygens (including phenoxy) is 6. The molecule has 13 nitrogen and oxygen atoms in total. The first-order valence-corrected chi connectivity index (χ1v) is 33.4. The van der Waals surface area contributed by atoms with E-state index in [1.807, 2.05) is 12.1 Å². The summed E-state index contributed by atoms with van der Waals surface area (Å²) in [7, 11) is 0. The molecule has 0 amide bonds. The molecule has 3 aliphatic rings. The summed E-state index contributed by atoms with van der Waals surface area (Å²) in [5.74, 6) is -3.49. The molecule has 3 heterocycles. The third-order valence-corrected chi connectivity index (χ3v) is 17.9. The number of benzene rings is 2. The molecule has 0 N–H and O–H groups in total. The first kappa shape index (κ1) is 69.0. The first-order chi connectivity index (χ1) is 40.3. The molecule has 0 saturated carbocycles. The molecule has 2 atom stereocenters. The van der Waals surface area contributed by atoms with Gasteiger partial charge in [0.2, 0.25) is 0 Å². The summed E-state index contributed by atoms with van der Waals surface area (Å²) in [6.45, 7) is 9.53. The Morgan fingerprint density at radius 3 is 1.30 bits per heavy atom. The highest BCUT2D eigenvalue weighted by atomic mass is 16.6. The van der Waals surface area contributed by atoms with Crippen molar-refractivity contribution in [1.82, 2.24) is 0 Å². The predicted octanol–water partition coefficient (Wildman–Crippen LogP) is 16.0. The molecule has 3 saturated heterocycles. The van der Waals surface area contributed by atoms with Crippen molar-refractivity contribution in [2.75, 3.05) is 32.9 Å². The van der Waals surface area contributed by atoms with Gasteiger partial charge in [0.15, 0.2) is 6.10 Å². The third-order valence-electron chi connectivity index (χ3n) is 17.9. The second kappa shape index (κ2) is 39.0. The van der Waals surface area contributed by atoms with Crippen LogP contribution in [0.1, 0.15) is 276 Å². The molecule has 3 fully saturated rings. The Labute approximate surface area is 500 Å². The lowest BCUT2D eigenvalue weighted by Crippen LogP contribution is -2.60. The number of hydrogen-bond donors (Lipinski definition) is 0. The van der Waals surface area contributed by atoms with E-state index in [0.717, 1.165) is 68.7 Å². The van der Waals surface area contributed by atoms with Gasteiger partial charge >= 0.3 is 35.8 Å². The normalized spacial score (nSPS) is 17.3. The van der Waals surface area contributed by atoms with Gasteiger partial charge in [0, 0.05) is 62.5 Å². The molecule has 3 aliphatic heterocycles.